The third-order valence-corrected chi connectivity index (χ3v) is 8.18. The van der Waals surface area contributed by atoms with Gasteiger partial charge in [0.05, 0.1) is 53.6 Å². The fraction of sp³-hybridized carbons (Fsp3) is 0.400. The van der Waals surface area contributed by atoms with Crippen molar-refractivity contribution in [1.29, 1.82) is 0 Å². The van der Waals surface area contributed by atoms with Gasteiger partial charge in [-0.2, -0.15) is 0 Å². The number of aliphatic hydroxyl groups excluding tert-OH is 1. The van der Waals surface area contributed by atoms with E-state index in [2.05, 4.69) is 15.3 Å². The number of carbonyl (C=O) groups is 2. The van der Waals surface area contributed by atoms with Crippen molar-refractivity contribution in [3.8, 4) is 0 Å². The Morgan fingerprint density at radius 1 is 1.23 bits per heavy atom. The maximum Gasteiger partial charge on any atom is 0.314 e. The van der Waals surface area contributed by atoms with Crippen molar-refractivity contribution in [3.63, 3.8) is 0 Å². The number of aryl methyl sites for hydroxylation is 1. The van der Waals surface area contributed by atoms with Crippen LogP contribution in [0.4, 0.5) is 4.39 Å². The summed E-state index contributed by atoms with van der Waals surface area (Å²) in [4.78, 5) is 34.6. The molecule has 0 aromatic carbocycles. The molecule has 0 spiro atoms. The summed E-state index contributed by atoms with van der Waals surface area (Å²) in [6.45, 7) is 5.50. The van der Waals surface area contributed by atoms with E-state index in [4.69, 9.17) is 21.3 Å². The summed E-state index contributed by atoms with van der Waals surface area (Å²) in [6.07, 6.45) is 9.76. The number of ether oxygens (including phenoxy) is 1. The highest BCUT2D eigenvalue weighted by molar-refractivity contribution is 6.31. The predicted molar refractivity (Wildman–Crippen MR) is 154 cm³/mol. The quantitative estimate of drug-likeness (QED) is 0.169. The molecule has 6 rings (SSSR count). The second kappa shape index (κ2) is 11.2. The highest BCUT2D eigenvalue weighted by Crippen LogP contribution is 2.43. The first kappa shape index (κ1) is 28.9. The van der Waals surface area contributed by atoms with E-state index in [-0.39, 0.29) is 48.0 Å². The van der Waals surface area contributed by atoms with Gasteiger partial charge in [-0.1, -0.05) is 16.8 Å². The van der Waals surface area contributed by atoms with E-state index in [0.29, 0.717) is 28.5 Å². The van der Waals surface area contributed by atoms with Crippen molar-refractivity contribution >= 4 is 34.5 Å². The number of ketones is 1. The number of aromatic nitrogens is 7. The Kier molecular flexibility index (Phi) is 7.51. The van der Waals surface area contributed by atoms with E-state index in [1.165, 1.54) is 21.5 Å². The zero-order valence-electron chi connectivity index (χ0n) is 24.0. The van der Waals surface area contributed by atoms with Crippen LogP contribution >= 0.6 is 11.6 Å². The third kappa shape index (κ3) is 5.52. The summed E-state index contributed by atoms with van der Waals surface area (Å²) >= 11 is 5.92. The van der Waals surface area contributed by atoms with E-state index < -0.39 is 23.3 Å². The summed E-state index contributed by atoms with van der Waals surface area (Å²) in [5.74, 6) is -0.916. The minimum absolute atomic E-state index is 0.0106. The number of hydrogen-bond donors (Lipinski definition) is 1. The Morgan fingerprint density at radius 2 is 2.02 bits per heavy atom. The molecule has 224 valence electrons. The number of hydrogen-bond acceptors (Lipinski definition) is 8. The van der Waals surface area contributed by atoms with Crippen molar-refractivity contribution in [2.75, 3.05) is 6.61 Å². The van der Waals surface area contributed by atoms with Crippen LogP contribution in [0, 0.1) is 11.2 Å². The van der Waals surface area contributed by atoms with Crippen LogP contribution in [-0.2, 0) is 22.5 Å². The number of esters is 1. The molecular weight excluding hydrogens is 577 g/mol. The smallest absolute Gasteiger partial charge is 0.314 e. The number of rotatable bonds is 11. The first-order chi connectivity index (χ1) is 20.6. The van der Waals surface area contributed by atoms with Crippen LogP contribution in [0.25, 0.3) is 11.2 Å². The normalized spacial score (nSPS) is 14.5. The van der Waals surface area contributed by atoms with Crippen molar-refractivity contribution in [3.05, 3.63) is 82.3 Å². The largest absolute Gasteiger partial charge is 0.465 e. The number of Topliss-reactive ketones (excluding diaryl/α,β-unsaturated/α-hetero) is 1. The molecule has 5 heterocycles. The zero-order valence-corrected chi connectivity index (χ0v) is 24.8. The van der Waals surface area contributed by atoms with Gasteiger partial charge in [-0.3, -0.25) is 9.59 Å². The van der Waals surface area contributed by atoms with Crippen LogP contribution < -0.4 is 0 Å². The van der Waals surface area contributed by atoms with Gasteiger partial charge >= 0.3 is 5.97 Å². The molecule has 1 atom stereocenters. The SMILES string of the molecule is CCOC(=O)C(C)(C)C(O)c1cc(C2CC2)cn2cc(Cn3cc(C(=O)CCc4ncn5ccc(Cl)c(F)c45)nn3)nc12. The number of pyridine rings is 2. The average Bonchev–Trinajstić information content (AvgIpc) is 3.38. The first-order valence-corrected chi connectivity index (χ1v) is 14.5. The molecule has 1 fully saturated rings. The molecule has 1 N–H and O–H groups in total. The van der Waals surface area contributed by atoms with Gasteiger partial charge in [0.15, 0.2) is 11.6 Å². The van der Waals surface area contributed by atoms with E-state index in [9.17, 15) is 19.1 Å². The van der Waals surface area contributed by atoms with Gasteiger partial charge in [-0.15, -0.1) is 5.10 Å². The highest BCUT2D eigenvalue weighted by Gasteiger charge is 2.40. The van der Waals surface area contributed by atoms with Crippen LogP contribution in [0.1, 0.15) is 85.1 Å². The van der Waals surface area contributed by atoms with Gasteiger partial charge in [-0.25, -0.2) is 19.0 Å². The van der Waals surface area contributed by atoms with E-state index in [1.54, 1.807) is 33.2 Å². The van der Waals surface area contributed by atoms with Crippen LogP contribution in [0.5, 0.6) is 0 Å². The second-order valence-electron chi connectivity index (χ2n) is 11.5. The Bertz CT molecular complexity index is 1860. The van der Waals surface area contributed by atoms with Crippen molar-refractivity contribution < 1.29 is 23.8 Å². The molecule has 0 bridgehead atoms. The summed E-state index contributed by atoms with van der Waals surface area (Å²) in [7, 11) is 0. The molecule has 43 heavy (non-hydrogen) atoms. The van der Waals surface area contributed by atoms with Crippen LogP contribution in [0.3, 0.4) is 0 Å². The number of carbonyl (C=O) groups excluding carboxylic acids is 2. The lowest BCUT2D eigenvalue weighted by Crippen LogP contribution is -2.33. The molecule has 1 aliphatic rings. The monoisotopic (exact) mass is 607 g/mol. The lowest BCUT2D eigenvalue weighted by atomic mass is 9.82. The van der Waals surface area contributed by atoms with Gasteiger partial charge in [0.25, 0.3) is 0 Å². The minimum Gasteiger partial charge on any atom is -0.465 e. The Morgan fingerprint density at radius 3 is 2.77 bits per heavy atom. The number of nitrogens with zero attached hydrogens (tertiary/aromatic N) is 7. The maximum atomic E-state index is 14.5. The van der Waals surface area contributed by atoms with E-state index in [0.717, 1.165) is 18.4 Å². The lowest BCUT2D eigenvalue weighted by Gasteiger charge is -2.28. The molecule has 11 nitrogen and oxygen atoms in total. The van der Waals surface area contributed by atoms with Gasteiger partial charge in [0, 0.05) is 30.6 Å². The fourth-order valence-corrected chi connectivity index (χ4v) is 5.38. The molecule has 0 amide bonds. The predicted octanol–water partition coefficient (Wildman–Crippen LogP) is 4.73. The number of imidazole rings is 2. The molecule has 0 radical (unpaired) electrons. The molecule has 13 heteroatoms. The van der Waals surface area contributed by atoms with Crippen LogP contribution in [0.2, 0.25) is 5.02 Å². The van der Waals surface area contributed by atoms with Crippen LogP contribution in [0.15, 0.2) is 43.2 Å². The van der Waals surface area contributed by atoms with Crippen molar-refractivity contribution in [2.24, 2.45) is 5.41 Å². The standard InChI is InChI=1S/C30H31ClFN7O4/c1-4-43-29(42)30(2,3)27(41)20-11-18(17-5-6-17)12-38-13-19(34-28(20)38)14-39-15-23(35-36-39)24(40)8-7-22-26-25(32)21(31)9-10-37(26)16-33-22/h9-13,15-17,27,41H,4-8,14H2,1-3H3. The number of fused-ring (bicyclic) bond motifs is 2. The summed E-state index contributed by atoms with van der Waals surface area (Å²) in [5.41, 5.74) is 2.45. The number of halogens is 2. The molecule has 0 aliphatic heterocycles. The molecule has 5 aromatic heterocycles. The molecule has 5 aromatic rings. The zero-order chi connectivity index (χ0) is 30.5. The summed E-state index contributed by atoms with van der Waals surface area (Å²) in [6, 6.07) is 3.38. The molecule has 1 saturated carbocycles. The van der Waals surface area contributed by atoms with Crippen molar-refractivity contribution in [1.82, 2.24) is 33.8 Å². The van der Waals surface area contributed by atoms with E-state index in [1.807, 2.05) is 22.9 Å². The first-order valence-electron chi connectivity index (χ1n) is 14.2. The Labute approximate surface area is 251 Å². The Balaban J connectivity index is 1.21. The summed E-state index contributed by atoms with van der Waals surface area (Å²) < 4.78 is 24.7. The molecule has 1 aliphatic carbocycles. The highest BCUT2D eigenvalue weighted by atomic mass is 35.5. The topological polar surface area (TPSA) is 129 Å². The Hall–Kier alpha value is -4.16. The molecular formula is C30H31ClFN7O4. The van der Waals surface area contributed by atoms with Gasteiger partial charge in [-0.05, 0) is 63.6 Å². The maximum absolute atomic E-state index is 14.5. The van der Waals surface area contributed by atoms with Gasteiger partial charge < -0.3 is 18.6 Å². The van der Waals surface area contributed by atoms with Gasteiger partial charge in [0.1, 0.15) is 16.9 Å². The van der Waals surface area contributed by atoms with Gasteiger partial charge in [0.2, 0.25) is 0 Å². The third-order valence-electron chi connectivity index (χ3n) is 7.88. The molecule has 0 saturated heterocycles. The average molecular weight is 608 g/mol. The summed E-state index contributed by atoms with van der Waals surface area (Å²) in [5, 5.41) is 19.5. The van der Waals surface area contributed by atoms with Crippen LogP contribution in [-0.4, -0.2) is 57.2 Å². The molecule has 1 unspecified atom stereocenters. The lowest BCUT2D eigenvalue weighted by molar-refractivity contribution is -0.160. The number of aliphatic hydroxyl groups is 1. The second-order valence-corrected chi connectivity index (χ2v) is 11.9. The fourth-order valence-electron chi connectivity index (χ4n) is 5.23. The van der Waals surface area contributed by atoms with Crippen molar-refractivity contribution in [2.45, 2.75) is 65.0 Å². The van der Waals surface area contributed by atoms with E-state index >= 15 is 0 Å². The minimum atomic E-state index is -1.19.